The Balaban J connectivity index is 2.39. The highest BCUT2D eigenvalue weighted by molar-refractivity contribution is 5.72. The molecule has 0 bridgehead atoms. The molecule has 1 aromatic carbocycles. The quantitative estimate of drug-likeness (QED) is 0.670. The van der Waals surface area contributed by atoms with E-state index in [0.717, 1.165) is 0 Å². The second-order valence-corrected chi connectivity index (χ2v) is 4.58. The molecule has 0 aliphatic rings. The third kappa shape index (κ3) is 3.05. The lowest BCUT2D eigenvalue weighted by Crippen LogP contribution is -2.08. The molecule has 0 radical (unpaired) electrons. The molecule has 1 aromatic heterocycles. The lowest BCUT2D eigenvalue weighted by atomic mass is 10.2. The number of para-hydroxylation sites is 1. The van der Waals surface area contributed by atoms with Gasteiger partial charge in [0.2, 0.25) is 0 Å². The Morgan fingerprint density at radius 3 is 2.70 bits per heavy atom. The van der Waals surface area contributed by atoms with E-state index < -0.39 is 4.92 Å². The first-order chi connectivity index (χ1) is 9.47. The topological polar surface area (TPSA) is 82.2 Å². The number of nitrogens with zero attached hydrogens (tertiary/aromatic N) is 3. The number of ether oxygens (including phenoxy) is 1. The van der Waals surface area contributed by atoms with Gasteiger partial charge < -0.3 is 10.1 Å². The molecular formula is C13H16N4O3. The molecule has 0 aliphatic carbocycles. The molecule has 0 atom stereocenters. The zero-order valence-electron chi connectivity index (χ0n) is 11.5. The minimum Gasteiger partial charge on any atom is -0.484 e. The molecule has 0 aliphatic heterocycles. The number of nitrogens with one attached hydrogen (secondary N) is 1. The Kier molecular flexibility index (Phi) is 3.88. The van der Waals surface area contributed by atoms with Crippen LogP contribution >= 0.6 is 0 Å². The number of aromatic nitrogens is 2. The van der Waals surface area contributed by atoms with E-state index in [-0.39, 0.29) is 17.5 Å². The predicted octanol–water partition coefficient (Wildman–Crippen LogP) is 2.86. The first-order valence-electron chi connectivity index (χ1n) is 6.18. The molecule has 1 N–H and O–H groups in total. The molecule has 0 spiro atoms. The van der Waals surface area contributed by atoms with Gasteiger partial charge in [-0.2, -0.15) is 5.10 Å². The van der Waals surface area contributed by atoms with Crippen molar-refractivity contribution in [1.29, 1.82) is 0 Å². The molecule has 106 valence electrons. The van der Waals surface area contributed by atoms with Crippen molar-refractivity contribution >= 4 is 17.2 Å². The second-order valence-electron chi connectivity index (χ2n) is 4.58. The third-order valence-corrected chi connectivity index (χ3v) is 2.52. The van der Waals surface area contributed by atoms with Gasteiger partial charge in [0.25, 0.3) is 0 Å². The van der Waals surface area contributed by atoms with Gasteiger partial charge in [-0.1, -0.05) is 6.07 Å². The van der Waals surface area contributed by atoms with Crippen LogP contribution in [0.15, 0.2) is 30.5 Å². The van der Waals surface area contributed by atoms with Crippen LogP contribution < -0.4 is 10.1 Å². The molecule has 0 unspecified atom stereocenters. The lowest BCUT2D eigenvalue weighted by Gasteiger charge is -2.12. The Morgan fingerprint density at radius 2 is 2.15 bits per heavy atom. The van der Waals surface area contributed by atoms with Gasteiger partial charge in [-0.25, -0.2) is 0 Å². The monoisotopic (exact) mass is 276 g/mol. The van der Waals surface area contributed by atoms with Crippen LogP contribution in [0.2, 0.25) is 0 Å². The maximum absolute atomic E-state index is 11.3. The fourth-order valence-electron chi connectivity index (χ4n) is 1.78. The normalized spacial score (nSPS) is 10.6. The van der Waals surface area contributed by atoms with Gasteiger partial charge in [-0.05, 0) is 26.0 Å². The fourth-order valence-corrected chi connectivity index (χ4v) is 1.78. The summed E-state index contributed by atoms with van der Waals surface area (Å²) >= 11 is 0. The zero-order chi connectivity index (χ0) is 14.7. The summed E-state index contributed by atoms with van der Waals surface area (Å²) in [5.41, 5.74) is 0.263. The van der Waals surface area contributed by atoms with Crippen molar-refractivity contribution in [3.05, 3.63) is 40.6 Å². The number of anilines is 2. The minimum absolute atomic E-state index is 0.0909. The minimum atomic E-state index is -0.455. The average Bonchev–Trinajstić information content (AvgIpc) is 2.73. The maximum atomic E-state index is 11.3. The highest BCUT2D eigenvalue weighted by Gasteiger charge is 2.22. The Labute approximate surface area is 116 Å². The summed E-state index contributed by atoms with van der Waals surface area (Å²) in [6, 6.07) is 6.65. The van der Waals surface area contributed by atoms with Crippen molar-refractivity contribution in [2.24, 2.45) is 7.05 Å². The molecular weight excluding hydrogens is 260 g/mol. The van der Waals surface area contributed by atoms with E-state index in [0.29, 0.717) is 11.5 Å². The van der Waals surface area contributed by atoms with Crippen LogP contribution in [0, 0.1) is 10.1 Å². The summed E-state index contributed by atoms with van der Waals surface area (Å²) in [7, 11) is 1.78. The van der Waals surface area contributed by atoms with Crippen LogP contribution in [0.1, 0.15) is 13.8 Å². The van der Waals surface area contributed by atoms with Crippen LogP contribution in [0.4, 0.5) is 17.2 Å². The van der Waals surface area contributed by atoms with Crippen molar-refractivity contribution < 1.29 is 9.66 Å². The number of nitro groups is 1. The van der Waals surface area contributed by atoms with Crippen molar-refractivity contribution in [3.8, 4) is 5.75 Å². The van der Waals surface area contributed by atoms with Crippen molar-refractivity contribution in [3.63, 3.8) is 0 Å². The molecule has 20 heavy (non-hydrogen) atoms. The van der Waals surface area contributed by atoms with E-state index in [4.69, 9.17) is 4.74 Å². The molecule has 7 nitrogen and oxygen atoms in total. The fraction of sp³-hybridized carbons (Fsp3) is 0.308. The lowest BCUT2D eigenvalue weighted by molar-refractivity contribution is -0.385. The number of rotatable bonds is 5. The molecule has 0 fully saturated rings. The highest BCUT2D eigenvalue weighted by atomic mass is 16.6. The summed E-state index contributed by atoms with van der Waals surface area (Å²) in [6.45, 7) is 3.64. The zero-order valence-corrected chi connectivity index (χ0v) is 11.5. The molecule has 0 saturated heterocycles. The summed E-state index contributed by atoms with van der Waals surface area (Å²) in [5, 5.41) is 18.4. The molecule has 7 heteroatoms. The molecule has 0 saturated carbocycles. The van der Waals surface area contributed by atoms with E-state index in [2.05, 4.69) is 10.4 Å². The van der Waals surface area contributed by atoms with E-state index in [1.54, 1.807) is 42.2 Å². The maximum Gasteiger partial charge on any atom is 0.334 e. The summed E-state index contributed by atoms with van der Waals surface area (Å²) in [4.78, 5) is 10.8. The highest BCUT2D eigenvalue weighted by Crippen LogP contribution is 2.36. The summed E-state index contributed by atoms with van der Waals surface area (Å²) in [5.74, 6) is 0.781. The smallest absolute Gasteiger partial charge is 0.334 e. The van der Waals surface area contributed by atoms with Gasteiger partial charge in [0.05, 0.1) is 11.0 Å². The van der Waals surface area contributed by atoms with Crippen LogP contribution in [0.3, 0.4) is 0 Å². The Hall–Kier alpha value is -2.57. The standard InChI is InChI=1S/C13H16N4O3/c1-9(2)20-11-6-4-5-10(13(11)17(18)19)14-12-7-8-16(3)15-12/h4-9H,1-3H3,(H,14,15). The van der Waals surface area contributed by atoms with E-state index in [1.165, 1.54) is 0 Å². The number of hydrogen-bond donors (Lipinski definition) is 1. The second kappa shape index (κ2) is 5.60. The van der Waals surface area contributed by atoms with Gasteiger partial charge in [0.15, 0.2) is 11.6 Å². The van der Waals surface area contributed by atoms with Gasteiger partial charge in [-0.15, -0.1) is 0 Å². The van der Waals surface area contributed by atoms with Gasteiger partial charge in [0.1, 0.15) is 5.69 Å². The SMILES string of the molecule is CC(C)Oc1cccc(Nc2ccn(C)n2)c1[N+](=O)[O-]. The Bertz CT molecular complexity index is 622. The summed E-state index contributed by atoms with van der Waals surface area (Å²) < 4.78 is 7.10. The van der Waals surface area contributed by atoms with E-state index in [1.807, 2.05) is 13.8 Å². The number of hydrogen-bond acceptors (Lipinski definition) is 5. The van der Waals surface area contributed by atoms with Crippen LogP contribution in [-0.4, -0.2) is 20.8 Å². The van der Waals surface area contributed by atoms with Crippen molar-refractivity contribution in [2.75, 3.05) is 5.32 Å². The van der Waals surface area contributed by atoms with Gasteiger partial charge >= 0.3 is 5.69 Å². The largest absolute Gasteiger partial charge is 0.484 e. The molecule has 0 amide bonds. The van der Waals surface area contributed by atoms with Crippen LogP contribution in [0.25, 0.3) is 0 Å². The number of benzene rings is 1. The first kappa shape index (κ1) is 13.9. The van der Waals surface area contributed by atoms with Crippen LogP contribution in [0.5, 0.6) is 5.75 Å². The third-order valence-electron chi connectivity index (χ3n) is 2.52. The molecule has 2 rings (SSSR count). The molecule has 1 heterocycles. The van der Waals surface area contributed by atoms with Gasteiger partial charge in [-0.3, -0.25) is 14.8 Å². The predicted molar refractivity (Wildman–Crippen MR) is 75.4 cm³/mol. The average molecular weight is 276 g/mol. The first-order valence-corrected chi connectivity index (χ1v) is 6.18. The Morgan fingerprint density at radius 1 is 1.40 bits per heavy atom. The number of nitro benzene ring substituents is 1. The summed E-state index contributed by atoms with van der Waals surface area (Å²) in [6.07, 6.45) is 1.61. The van der Waals surface area contributed by atoms with Crippen LogP contribution in [-0.2, 0) is 7.05 Å². The number of aryl methyl sites for hydroxylation is 1. The van der Waals surface area contributed by atoms with Crippen molar-refractivity contribution in [2.45, 2.75) is 20.0 Å². The van der Waals surface area contributed by atoms with E-state index >= 15 is 0 Å². The van der Waals surface area contributed by atoms with Gasteiger partial charge in [0, 0.05) is 19.3 Å². The molecule has 2 aromatic rings. The van der Waals surface area contributed by atoms with E-state index in [9.17, 15) is 10.1 Å². The van der Waals surface area contributed by atoms with Crippen molar-refractivity contribution in [1.82, 2.24) is 9.78 Å².